The van der Waals surface area contributed by atoms with Crippen molar-refractivity contribution in [3.63, 3.8) is 0 Å². The van der Waals surface area contributed by atoms with Crippen LogP contribution in [0.5, 0.6) is 0 Å². The molecule has 9 nitrogen and oxygen atoms in total. The molecule has 0 aliphatic rings. The van der Waals surface area contributed by atoms with E-state index >= 15 is 0 Å². The van der Waals surface area contributed by atoms with Crippen molar-refractivity contribution >= 4 is 5.78 Å². The lowest BCUT2D eigenvalue weighted by Gasteiger charge is -1.72. The molecule has 0 heterocycles. The summed E-state index contributed by atoms with van der Waals surface area (Å²) in [5.74, 6) is -0.190. The van der Waals surface area contributed by atoms with Crippen molar-refractivity contribution in [2.24, 2.45) is 0 Å². The summed E-state index contributed by atoms with van der Waals surface area (Å²) in [6.45, 7) is 1.000. The Bertz CT molecular complexity index is 45.0. The molecule has 0 unspecified atom stereocenters. The summed E-state index contributed by atoms with van der Waals surface area (Å²) in [5.41, 5.74) is 0. The molecule has 0 spiro atoms. The Morgan fingerprint density at radius 2 is 1.00 bits per heavy atom. The van der Waals surface area contributed by atoms with E-state index in [9.17, 15) is 4.79 Å². The number of carbonyl (C=O) groups is 1. The number of hydrogen-bond donors (Lipinski definition) is 1. The maximum absolute atomic E-state index is 9.56. The van der Waals surface area contributed by atoms with Crippen LogP contribution in [-0.4, -0.2) is 55.8 Å². The van der Waals surface area contributed by atoms with E-state index in [0.717, 1.165) is 0 Å². The van der Waals surface area contributed by atoms with Crippen molar-refractivity contribution in [3.8, 4) is 0 Å². The molecule has 0 saturated carbocycles. The third kappa shape index (κ3) is 358. The van der Waals surface area contributed by atoms with Gasteiger partial charge in [-0.2, -0.15) is 0 Å². The lowest BCUT2D eigenvalue weighted by molar-refractivity contribution is -0.119. The van der Waals surface area contributed by atoms with Crippen molar-refractivity contribution in [2.45, 2.75) is 6.92 Å². The van der Waals surface area contributed by atoms with Gasteiger partial charge in [0.15, 0.2) is 5.78 Å². The van der Waals surface area contributed by atoms with Gasteiger partial charge in [-0.25, -0.2) is 0 Å². The molecular formula is C3H20O9. The zero-order valence-corrected chi connectivity index (χ0v) is 6.56. The van der Waals surface area contributed by atoms with Crippen LogP contribution in [0.15, 0.2) is 0 Å². The molecule has 0 aromatic rings. The number of hydrogen-bond acceptors (Lipinski definition) is 2. The molecule has 15 N–H and O–H groups in total. The first kappa shape index (κ1) is 108. The molecule has 0 aliphatic carbocycles. The normalized spacial score (nSPS) is 3.17. The zero-order valence-electron chi connectivity index (χ0n) is 6.56. The molecule has 12 heavy (non-hydrogen) atoms. The quantitative estimate of drug-likeness (QED) is 0.432. The Balaban J connectivity index is -0.00000000381. The van der Waals surface area contributed by atoms with Gasteiger partial charge < -0.3 is 43.4 Å². The fourth-order valence-electron chi connectivity index (χ4n) is 0. The van der Waals surface area contributed by atoms with Crippen molar-refractivity contribution in [1.82, 2.24) is 0 Å². The number of aliphatic hydroxyl groups excluding tert-OH is 1. The van der Waals surface area contributed by atoms with E-state index in [1.54, 1.807) is 0 Å². The molecule has 0 radical (unpaired) electrons. The van der Waals surface area contributed by atoms with Crippen molar-refractivity contribution in [2.75, 3.05) is 6.61 Å². The Labute approximate surface area is 68.8 Å². The van der Waals surface area contributed by atoms with Crippen LogP contribution in [0.4, 0.5) is 0 Å². The maximum atomic E-state index is 9.56. The molecule has 86 valence electrons. The number of aliphatic hydroxyl groups is 1. The van der Waals surface area contributed by atoms with Crippen LogP contribution >= 0.6 is 0 Å². The summed E-state index contributed by atoms with van der Waals surface area (Å²) in [6, 6.07) is 0. The molecule has 0 amide bonds. The lowest BCUT2D eigenvalue weighted by Crippen LogP contribution is -1.93. The average Bonchev–Trinajstić information content (AvgIpc) is 1.38. The van der Waals surface area contributed by atoms with Crippen molar-refractivity contribution in [3.05, 3.63) is 0 Å². The van der Waals surface area contributed by atoms with Gasteiger partial charge in [-0.05, 0) is 6.92 Å². The van der Waals surface area contributed by atoms with Crippen molar-refractivity contribution < 1.29 is 48.2 Å². The van der Waals surface area contributed by atoms with Gasteiger partial charge in [0.05, 0.1) is 0 Å². The SMILES string of the molecule is CC(=O)CO.O.O.O.O.O.O.O. The molecule has 0 aromatic heterocycles. The molecule has 0 rings (SSSR count). The molecule has 0 bridgehead atoms. The van der Waals surface area contributed by atoms with E-state index in [1.165, 1.54) is 6.92 Å². The number of rotatable bonds is 1. The second-order valence-electron chi connectivity index (χ2n) is 0.860. The van der Waals surface area contributed by atoms with Gasteiger partial charge in [-0.1, -0.05) is 0 Å². The average molecular weight is 200 g/mol. The predicted molar refractivity (Wildman–Crippen MR) is 43.1 cm³/mol. The Morgan fingerprint density at radius 3 is 1.00 bits per heavy atom. The van der Waals surface area contributed by atoms with E-state index < -0.39 is 0 Å². The van der Waals surface area contributed by atoms with Crippen LogP contribution in [-0.2, 0) is 4.79 Å². The molecular weight excluding hydrogens is 180 g/mol. The molecule has 0 atom stereocenters. The summed E-state index contributed by atoms with van der Waals surface area (Å²) < 4.78 is 0. The summed E-state index contributed by atoms with van der Waals surface area (Å²) >= 11 is 0. The van der Waals surface area contributed by atoms with Crippen LogP contribution in [0.1, 0.15) is 6.92 Å². The molecule has 0 aliphatic heterocycles. The van der Waals surface area contributed by atoms with Crippen LogP contribution in [0.25, 0.3) is 0 Å². The number of ketones is 1. The summed E-state index contributed by atoms with van der Waals surface area (Å²) in [7, 11) is 0. The number of Topliss-reactive ketones (excluding diaryl/α,β-unsaturated/α-hetero) is 1. The molecule has 9 heteroatoms. The third-order valence-electron chi connectivity index (χ3n) is 0.223. The minimum Gasteiger partial charge on any atom is -0.412 e. The summed E-state index contributed by atoms with van der Waals surface area (Å²) in [5, 5.41) is 7.79. The van der Waals surface area contributed by atoms with Crippen LogP contribution in [0.3, 0.4) is 0 Å². The van der Waals surface area contributed by atoms with E-state index in [0.29, 0.717) is 0 Å². The summed E-state index contributed by atoms with van der Waals surface area (Å²) in [6.07, 6.45) is 0. The van der Waals surface area contributed by atoms with Gasteiger partial charge in [0.1, 0.15) is 6.61 Å². The molecule has 0 fully saturated rings. The Kier molecular flexibility index (Phi) is 728. The fraction of sp³-hybridized carbons (Fsp3) is 0.667. The third-order valence-corrected chi connectivity index (χ3v) is 0.223. The first-order valence-corrected chi connectivity index (χ1v) is 1.37. The Morgan fingerprint density at radius 1 is 0.917 bits per heavy atom. The highest BCUT2D eigenvalue weighted by molar-refractivity contribution is 5.76. The monoisotopic (exact) mass is 200 g/mol. The highest BCUT2D eigenvalue weighted by atomic mass is 16.3. The van der Waals surface area contributed by atoms with E-state index in [-0.39, 0.29) is 50.7 Å². The molecule has 0 aromatic carbocycles. The first-order chi connectivity index (χ1) is 2.27. The van der Waals surface area contributed by atoms with Crippen LogP contribution in [0.2, 0.25) is 0 Å². The Hall–Kier alpha value is -0.650. The van der Waals surface area contributed by atoms with Gasteiger partial charge in [0.2, 0.25) is 0 Å². The minimum atomic E-state index is -0.333. The van der Waals surface area contributed by atoms with Crippen LogP contribution < -0.4 is 0 Å². The van der Waals surface area contributed by atoms with E-state index in [4.69, 9.17) is 5.11 Å². The highest BCUT2D eigenvalue weighted by Crippen LogP contribution is 1.55. The fourth-order valence-corrected chi connectivity index (χ4v) is 0. The zero-order chi connectivity index (χ0) is 4.28. The smallest absolute Gasteiger partial charge is 0.155 e. The predicted octanol–water partition coefficient (Wildman–Crippen LogP) is -6.21. The molecule has 0 saturated heterocycles. The standard InChI is InChI=1S/C3H6O2.7H2O/c1-3(5)2-4;;;;;;;/h4H,2H2,1H3;7*1H2. The van der Waals surface area contributed by atoms with Gasteiger partial charge in [0.25, 0.3) is 0 Å². The van der Waals surface area contributed by atoms with Gasteiger partial charge in [-0.15, -0.1) is 0 Å². The highest BCUT2D eigenvalue weighted by Gasteiger charge is 1.78. The second-order valence-corrected chi connectivity index (χ2v) is 0.860. The minimum absolute atomic E-state index is 0. The van der Waals surface area contributed by atoms with E-state index in [1.807, 2.05) is 0 Å². The van der Waals surface area contributed by atoms with E-state index in [2.05, 4.69) is 0 Å². The topological polar surface area (TPSA) is 258 Å². The van der Waals surface area contributed by atoms with Crippen LogP contribution in [0, 0.1) is 0 Å². The van der Waals surface area contributed by atoms with Crippen molar-refractivity contribution in [1.29, 1.82) is 0 Å². The first-order valence-electron chi connectivity index (χ1n) is 1.37. The van der Waals surface area contributed by atoms with Gasteiger partial charge in [0, 0.05) is 0 Å². The van der Waals surface area contributed by atoms with Gasteiger partial charge >= 0.3 is 0 Å². The summed E-state index contributed by atoms with van der Waals surface area (Å²) in [4.78, 5) is 9.56. The second kappa shape index (κ2) is 80.6. The maximum Gasteiger partial charge on any atom is 0.155 e. The van der Waals surface area contributed by atoms with Gasteiger partial charge in [-0.3, -0.25) is 4.79 Å². The largest absolute Gasteiger partial charge is 0.412 e. The lowest BCUT2D eigenvalue weighted by atomic mass is 10.5. The number of carbonyl (C=O) groups excluding carboxylic acids is 1.